The van der Waals surface area contributed by atoms with E-state index < -0.39 is 5.92 Å². The molecule has 2 unspecified atom stereocenters. The first kappa shape index (κ1) is 28.4. The van der Waals surface area contributed by atoms with Gasteiger partial charge in [0, 0.05) is 46.3 Å². The number of nitriles is 1. The Kier molecular flexibility index (Phi) is 8.65. The van der Waals surface area contributed by atoms with Gasteiger partial charge in [-0.25, -0.2) is 4.98 Å². The predicted octanol–water partition coefficient (Wildman–Crippen LogP) is 3.94. The van der Waals surface area contributed by atoms with Gasteiger partial charge in [0.2, 0.25) is 5.88 Å². The van der Waals surface area contributed by atoms with Crippen molar-refractivity contribution in [3.05, 3.63) is 45.7 Å². The van der Waals surface area contributed by atoms with Crippen molar-refractivity contribution in [2.24, 2.45) is 12.8 Å². The van der Waals surface area contributed by atoms with E-state index in [1.165, 1.54) is 0 Å². The fourth-order valence-corrected chi connectivity index (χ4v) is 7.48. The first-order chi connectivity index (χ1) is 19.3. The number of thiophene rings is 1. The van der Waals surface area contributed by atoms with E-state index in [1.54, 1.807) is 22.1 Å². The van der Waals surface area contributed by atoms with Crippen LogP contribution >= 0.6 is 20.6 Å². The van der Waals surface area contributed by atoms with Crippen molar-refractivity contribution in [2.75, 3.05) is 20.2 Å². The Morgan fingerprint density at radius 2 is 2.10 bits per heavy atom. The minimum Gasteiger partial charge on any atom is -0.476 e. The van der Waals surface area contributed by atoms with Gasteiger partial charge in [-0.05, 0) is 63.7 Å². The second-order valence-corrected chi connectivity index (χ2v) is 12.8. The maximum atomic E-state index is 14.2. The van der Waals surface area contributed by atoms with Crippen LogP contribution in [0.25, 0.3) is 17.1 Å². The molecule has 0 amide bonds. The summed E-state index contributed by atoms with van der Waals surface area (Å²) in [6, 6.07) is 6.32. The topological polar surface area (TPSA) is 123 Å². The summed E-state index contributed by atoms with van der Waals surface area (Å²) in [5.74, 6) is 0.246. The third-order valence-corrected chi connectivity index (χ3v) is 9.60. The summed E-state index contributed by atoms with van der Waals surface area (Å²) < 4.78 is 8.79. The van der Waals surface area contributed by atoms with Gasteiger partial charge in [-0.15, -0.1) is 11.3 Å². The molecule has 2 aliphatic rings. The summed E-state index contributed by atoms with van der Waals surface area (Å²) in [4.78, 5) is 27.0. The van der Waals surface area contributed by atoms with Gasteiger partial charge >= 0.3 is 0 Å². The molecule has 210 valence electrons. The van der Waals surface area contributed by atoms with Crippen molar-refractivity contribution >= 4 is 36.7 Å². The second-order valence-electron chi connectivity index (χ2n) is 10.6. The number of ether oxygens (including phenoxy) is 1. The lowest BCUT2D eigenvalue weighted by molar-refractivity contribution is -0.117. The van der Waals surface area contributed by atoms with Crippen LogP contribution in [-0.4, -0.2) is 56.7 Å². The van der Waals surface area contributed by atoms with E-state index in [9.17, 15) is 10.1 Å². The number of hydrogen-bond donors (Lipinski definition) is 1. The largest absolute Gasteiger partial charge is 0.476 e. The number of nitrogens with two attached hydrogens (primary N) is 1. The lowest BCUT2D eigenvalue weighted by Gasteiger charge is -2.24. The Bertz CT molecular complexity index is 1490. The van der Waals surface area contributed by atoms with Gasteiger partial charge in [-0.2, -0.15) is 15.3 Å². The highest BCUT2D eigenvalue weighted by molar-refractivity contribution is 7.43. The maximum absolute atomic E-state index is 14.2. The summed E-state index contributed by atoms with van der Waals surface area (Å²) in [6.45, 7) is 3.59. The number of nitrogens with zero attached hydrogens (tertiary/aromatic N) is 6. The van der Waals surface area contributed by atoms with E-state index in [4.69, 9.17) is 15.5 Å². The van der Waals surface area contributed by atoms with E-state index in [0.717, 1.165) is 53.7 Å². The fraction of sp³-hybridized carbons (Fsp3) is 0.483. The molecule has 3 aromatic heterocycles. The van der Waals surface area contributed by atoms with Gasteiger partial charge < -0.3 is 15.4 Å². The number of aromatic nitrogens is 4. The van der Waals surface area contributed by atoms with Gasteiger partial charge in [-0.3, -0.25) is 9.48 Å². The molecule has 4 heterocycles. The van der Waals surface area contributed by atoms with Crippen molar-refractivity contribution in [2.45, 2.75) is 63.8 Å². The lowest BCUT2D eigenvalue weighted by atomic mass is 9.79. The number of hydrogen-bond acceptors (Lipinski definition) is 9. The molecule has 40 heavy (non-hydrogen) atoms. The van der Waals surface area contributed by atoms with Crippen LogP contribution in [-0.2, 0) is 18.3 Å². The number of carbonyl (C=O) groups is 1. The number of allylic oxidation sites excluding steroid dienone is 1. The molecule has 0 bridgehead atoms. The molecule has 0 saturated carbocycles. The Hall–Kier alpha value is -3.12. The van der Waals surface area contributed by atoms with Gasteiger partial charge in [-0.1, -0.05) is 22.6 Å². The average Bonchev–Trinajstić information content (AvgIpc) is 3.66. The van der Waals surface area contributed by atoms with Crippen molar-refractivity contribution < 1.29 is 9.53 Å². The minimum atomic E-state index is -0.392. The summed E-state index contributed by atoms with van der Waals surface area (Å²) in [6.07, 6.45) is 7.80. The zero-order valence-electron chi connectivity index (χ0n) is 23.3. The Morgan fingerprint density at radius 1 is 1.27 bits per heavy atom. The fourth-order valence-electron chi connectivity index (χ4n) is 5.71. The molecule has 9 nitrogen and oxygen atoms in total. The molecule has 1 fully saturated rings. The van der Waals surface area contributed by atoms with Crippen molar-refractivity contribution in [1.29, 1.82) is 5.26 Å². The van der Waals surface area contributed by atoms with Crippen molar-refractivity contribution in [1.82, 2.24) is 24.6 Å². The summed E-state index contributed by atoms with van der Waals surface area (Å²) in [5.41, 5.74) is 10.3. The molecule has 5 rings (SSSR count). The third kappa shape index (κ3) is 5.69. The highest BCUT2D eigenvalue weighted by atomic mass is 32.1. The molecule has 3 aromatic rings. The Labute approximate surface area is 241 Å². The first-order valence-corrected chi connectivity index (χ1v) is 15.3. The zero-order chi connectivity index (χ0) is 28.4. The lowest BCUT2D eigenvalue weighted by Crippen LogP contribution is -2.30. The molecule has 3 atom stereocenters. The highest BCUT2D eigenvalue weighted by Gasteiger charge is 2.34. The number of fused-ring (bicyclic) bond motifs is 1. The number of likely N-dealkylation sites (tertiary alicyclic amines) is 1. The molecule has 2 N–H and O–H groups in total. The number of Topliss-reactive ketones (excluding diaryl/α,β-unsaturated/α-hetero) is 1. The average molecular weight is 578 g/mol. The summed E-state index contributed by atoms with van der Waals surface area (Å²) in [5, 5.41) is 14.4. The van der Waals surface area contributed by atoms with E-state index in [-0.39, 0.29) is 17.3 Å². The summed E-state index contributed by atoms with van der Waals surface area (Å²) >= 11 is 1.60. The molecular weight excluding hydrogens is 541 g/mol. The molecule has 0 aromatic carbocycles. The number of carbonyl (C=O) groups excluding carboxylic acids is 1. The molecule has 1 aliphatic carbocycles. The molecule has 0 radical (unpaired) electrons. The van der Waals surface area contributed by atoms with Crippen LogP contribution in [0.3, 0.4) is 0 Å². The number of ketones is 1. The van der Waals surface area contributed by atoms with Crippen molar-refractivity contribution in [3.63, 3.8) is 0 Å². The van der Waals surface area contributed by atoms with Crippen LogP contribution < -0.4 is 15.1 Å². The van der Waals surface area contributed by atoms with Crippen LogP contribution in [0.2, 0.25) is 0 Å². The minimum absolute atomic E-state index is 0.0403. The van der Waals surface area contributed by atoms with Gasteiger partial charge in [0.05, 0.1) is 17.0 Å². The van der Waals surface area contributed by atoms with Crippen LogP contribution in [0.5, 0.6) is 5.88 Å². The van der Waals surface area contributed by atoms with E-state index in [0.29, 0.717) is 53.9 Å². The van der Waals surface area contributed by atoms with Crippen LogP contribution in [0.4, 0.5) is 0 Å². The first-order valence-electron chi connectivity index (χ1n) is 13.9. The monoisotopic (exact) mass is 577 g/mol. The molecule has 1 aliphatic heterocycles. The van der Waals surface area contributed by atoms with Gasteiger partial charge in [0.25, 0.3) is 0 Å². The summed E-state index contributed by atoms with van der Waals surface area (Å²) in [7, 11) is 6.62. The molecule has 11 heteroatoms. The third-order valence-electron chi connectivity index (χ3n) is 7.86. The van der Waals surface area contributed by atoms with Crippen LogP contribution in [0.15, 0.2) is 23.9 Å². The van der Waals surface area contributed by atoms with Gasteiger partial charge in [0.15, 0.2) is 11.6 Å². The normalized spacial score (nSPS) is 19.7. The van der Waals surface area contributed by atoms with E-state index >= 15 is 0 Å². The number of aryl methyl sites for hydroxylation is 2. The van der Waals surface area contributed by atoms with Crippen LogP contribution in [0.1, 0.15) is 73.2 Å². The van der Waals surface area contributed by atoms with Crippen molar-refractivity contribution in [3.8, 4) is 23.3 Å². The quantitative estimate of drug-likeness (QED) is 0.300. The Morgan fingerprint density at radius 3 is 2.77 bits per heavy atom. The zero-order valence-corrected chi connectivity index (χ0v) is 25.3. The number of rotatable bonds is 9. The predicted molar refractivity (Wildman–Crippen MR) is 160 cm³/mol. The standard InChI is InChI=1S/C29H36N7O2PS/c1-4-7-19(27(37)18-9-5-10-23-25(18)20(15-30)29(39)40-23)26(31)28-32-22(21-11-13-36(3)34-21)14-24(33-28)38-16-17-8-6-12-35(17)2/h11,13-14,17-18H,4-10,12,16,31,39H2,1-3H3/b26-19-/t17?,18-/m0/s1. The van der Waals surface area contributed by atoms with E-state index in [1.807, 2.05) is 26.2 Å². The smallest absolute Gasteiger partial charge is 0.217 e. The molecule has 1 saturated heterocycles. The second kappa shape index (κ2) is 12.2. The van der Waals surface area contributed by atoms with Crippen LogP contribution in [0, 0.1) is 11.3 Å². The Balaban J connectivity index is 1.55. The molecule has 0 spiro atoms. The van der Waals surface area contributed by atoms with E-state index in [2.05, 4.69) is 37.3 Å². The number of likely N-dealkylation sites (N-methyl/N-ethyl adjacent to an activating group) is 1. The maximum Gasteiger partial charge on any atom is 0.217 e. The SMILES string of the molecule is CCC/C(C(=O)[C@H]1CCCc2sc(P)c(C#N)c21)=C(/N)c1nc(OCC2CCCN2C)cc(-c2ccn(C)n2)n1. The molecular formula is C29H36N7O2PS. The van der Waals surface area contributed by atoms with Gasteiger partial charge in [0.1, 0.15) is 18.4 Å². The highest BCUT2D eigenvalue weighted by Crippen LogP contribution is 2.40.